The van der Waals surface area contributed by atoms with E-state index in [9.17, 15) is 8.42 Å². The zero-order valence-electron chi connectivity index (χ0n) is 15.3. The van der Waals surface area contributed by atoms with Crippen LogP contribution in [0.2, 0.25) is 0 Å². The Morgan fingerprint density at radius 1 is 1.19 bits per heavy atom. The summed E-state index contributed by atoms with van der Waals surface area (Å²) in [6.45, 7) is 5.39. The highest BCUT2D eigenvalue weighted by atomic mass is 32.2. The predicted molar refractivity (Wildman–Crippen MR) is 98.3 cm³/mol. The van der Waals surface area contributed by atoms with Gasteiger partial charge in [0.05, 0.1) is 17.9 Å². The van der Waals surface area contributed by atoms with Crippen LogP contribution in [-0.4, -0.2) is 31.4 Å². The van der Waals surface area contributed by atoms with Gasteiger partial charge in [-0.1, -0.05) is 6.07 Å². The van der Waals surface area contributed by atoms with Crippen LogP contribution in [0.1, 0.15) is 30.8 Å². The highest BCUT2D eigenvalue weighted by molar-refractivity contribution is 7.86. The Bertz CT molecular complexity index is 900. The number of nitrogens with zero attached hydrogens (tertiary/aromatic N) is 2. The maximum Gasteiger partial charge on any atom is 0.264 e. The monoisotopic (exact) mass is 374 g/mol. The Kier molecular flexibility index (Phi) is 6.01. The normalized spacial score (nSPS) is 13.0. The van der Waals surface area contributed by atoms with Crippen LogP contribution in [0.25, 0.3) is 0 Å². The molecule has 0 aliphatic carbocycles. The van der Waals surface area contributed by atoms with Crippen LogP contribution in [0.4, 0.5) is 0 Å². The summed E-state index contributed by atoms with van der Waals surface area (Å²) in [6.07, 6.45) is 0.516. The molecule has 0 aliphatic rings. The average Bonchev–Trinajstić information content (AvgIpc) is 2.53. The van der Waals surface area contributed by atoms with Crippen molar-refractivity contribution in [1.82, 2.24) is 4.98 Å². The van der Waals surface area contributed by atoms with Crippen LogP contribution in [0.3, 0.4) is 0 Å². The van der Waals surface area contributed by atoms with Crippen molar-refractivity contribution in [3.05, 3.63) is 59.4 Å². The van der Waals surface area contributed by atoms with Gasteiger partial charge in [-0.3, -0.25) is 9.17 Å². The highest BCUT2D eigenvalue weighted by Gasteiger charge is 2.36. The van der Waals surface area contributed by atoms with Crippen LogP contribution in [0, 0.1) is 18.3 Å². The van der Waals surface area contributed by atoms with Crippen molar-refractivity contribution < 1.29 is 17.3 Å². The molecule has 0 radical (unpaired) electrons. The Morgan fingerprint density at radius 2 is 1.85 bits per heavy atom. The van der Waals surface area contributed by atoms with E-state index in [1.165, 1.54) is 0 Å². The standard InChI is InChI=1S/C19H22N2O4S/c1-14-6-5-7-16(21-14)12-18(25-26(4,22)23)19(2,3)24-17-10-8-15(13-20)9-11-17/h5-11,18H,12H2,1-4H3. The van der Waals surface area contributed by atoms with Crippen LogP contribution < -0.4 is 4.74 Å². The van der Waals surface area contributed by atoms with E-state index in [0.29, 0.717) is 11.3 Å². The first-order valence-corrected chi connectivity index (χ1v) is 9.91. The van der Waals surface area contributed by atoms with Gasteiger partial charge < -0.3 is 4.74 Å². The fourth-order valence-electron chi connectivity index (χ4n) is 2.48. The molecule has 1 heterocycles. The van der Waals surface area contributed by atoms with Crippen LogP contribution >= 0.6 is 0 Å². The lowest BCUT2D eigenvalue weighted by Gasteiger charge is -2.34. The molecule has 1 atom stereocenters. The minimum Gasteiger partial charge on any atom is -0.485 e. The molecule has 1 aromatic carbocycles. The van der Waals surface area contributed by atoms with Crippen molar-refractivity contribution in [2.45, 2.75) is 38.9 Å². The number of nitriles is 1. The fraction of sp³-hybridized carbons (Fsp3) is 0.368. The van der Waals surface area contributed by atoms with Gasteiger partial charge in [-0.2, -0.15) is 13.7 Å². The van der Waals surface area contributed by atoms with Crippen molar-refractivity contribution in [2.75, 3.05) is 6.26 Å². The molecular weight excluding hydrogens is 352 g/mol. The number of aromatic nitrogens is 1. The summed E-state index contributed by atoms with van der Waals surface area (Å²) >= 11 is 0. The SMILES string of the molecule is Cc1cccc(CC(OS(C)(=O)=O)C(C)(C)Oc2ccc(C#N)cc2)n1. The summed E-state index contributed by atoms with van der Waals surface area (Å²) in [6, 6.07) is 14.2. The van der Waals surface area contributed by atoms with Crippen molar-refractivity contribution in [2.24, 2.45) is 0 Å². The predicted octanol–water partition coefficient (Wildman–Crippen LogP) is 3.01. The largest absolute Gasteiger partial charge is 0.485 e. The molecule has 6 nitrogen and oxygen atoms in total. The third-order valence-electron chi connectivity index (χ3n) is 3.77. The summed E-state index contributed by atoms with van der Waals surface area (Å²) < 4.78 is 34.8. The Morgan fingerprint density at radius 3 is 2.38 bits per heavy atom. The summed E-state index contributed by atoms with van der Waals surface area (Å²) in [7, 11) is -3.69. The topological polar surface area (TPSA) is 89.3 Å². The first-order chi connectivity index (χ1) is 12.1. The first kappa shape index (κ1) is 19.9. The maximum absolute atomic E-state index is 11.7. The lowest BCUT2D eigenvalue weighted by molar-refractivity contribution is -0.00971. The molecule has 0 saturated heterocycles. The summed E-state index contributed by atoms with van der Waals surface area (Å²) in [5.41, 5.74) is 1.12. The van der Waals surface area contributed by atoms with Gasteiger partial charge in [-0.15, -0.1) is 0 Å². The molecule has 26 heavy (non-hydrogen) atoms. The van der Waals surface area contributed by atoms with Gasteiger partial charge in [-0.25, -0.2) is 0 Å². The molecule has 2 aromatic rings. The zero-order valence-corrected chi connectivity index (χ0v) is 16.1. The second kappa shape index (κ2) is 7.85. The van der Waals surface area contributed by atoms with Gasteiger partial charge in [0.2, 0.25) is 0 Å². The van der Waals surface area contributed by atoms with Crippen molar-refractivity contribution >= 4 is 10.1 Å². The molecule has 1 aromatic heterocycles. The van der Waals surface area contributed by atoms with Gasteiger partial charge in [0.15, 0.2) is 0 Å². The molecule has 0 N–H and O–H groups in total. The van der Waals surface area contributed by atoms with Crippen molar-refractivity contribution in [3.8, 4) is 11.8 Å². The third-order valence-corrected chi connectivity index (χ3v) is 4.35. The van der Waals surface area contributed by atoms with E-state index in [-0.39, 0.29) is 6.42 Å². The average molecular weight is 374 g/mol. The summed E-state index contributed by atoms with van der Waals surface area (Å²) in [4.78, 5) is 4.42. The highest BCUT2D eigenvalue weighted by Crippen LogP contribution is 2.26. The maximum atomic E-state index is 11.7. The summed E-state index contributed by atoms with van der Waals surface area (Å²) in [5, 5.41) is 8.88. The number of hydrogen-bond acceptors (Lipinski definition) is 6. The lowest BCUT2D eigenvalue weighted by atomic mass is 9.96. The fourth-order valence-corrected chi connectivity index (χ4v) is 3.20. The van der Waals surface area contributed by atoms with Gasteiger partial charge in [0.1, 0.15) is 17.5 Å². The van der Waals surface area contributed by atoms with E-state index >= 15 is 0 Å². The molecule has 7 heteroatoms. The van der Waals surface area contributed by atoms with E-state index in [2.05, 4.69) is 4.98 Å². The number of pyridine rings is 1. The van der Waals surface area contributed by atoms with Gasteiger partial charge in [0, 0.05) is 17.8 Å². The van der Waals surface area contributed by atoms with E-state index in [1.807, 2.05) is 31.2 Å². The Labute approximate surface area is 154 Å². The third kappa shape index (κ3) is 5.83. The van der Waals surface area contributed by atoms with Gasteiger partial charge in [0.25, 0.3) is 10.1 Å². The molecule has 1 unspecified atom stereocenters. The zero-order chi connectivity index (χ0) is 19.4. The molecule has 0 aliphatic heterocycles. The van der Waals surface area contributed by atoms with E-state index in [0.717, 1.165) is 17.6 Å². The number of ether oxygens (including phenoxy) is 1. The Hall–Kier alpha value is -2.43. The minimum absolute atomic E-state index is 0.276. The van der Waals surface area contributed by atoms with Crippen molar-refractivity contribution in [1.29, 1.82) is 5.26 Å². The quantitative estimate of drug-likeness (QED) is 0.692. The lowest BCUT2D eigenvalue weighted by Crippen LogP contribution is -2.46. The van der Waals surface area contributed by atoms with E-state index in [4.69, 9.17) is 14.2 Å². The molecule has 2 rings (SSSR count). The van der Waals surface area contributed by atoms with Crippen LogP contribution in [0.15, 0.2) is 42.5 Å². The molecule has 0 fully saturated rings. The molecule has 0 amide bonds. The summed E-state index contributed by atoms with van der Waals surface area (Å²) in [5.74, 6) is 0.522. The molecule has 0 saturated carbocycles. The number of rotatable bonds is 7. The van der Waals surface area contributed by atoms with E-state index in [1.54, 1.807) is 38.1 Å². The molecule has 0 bridgehead atoms. The minimum atomic E-state index is -3.69. The number of benzene rings is 1. The van der Waals surface area contributed by atoms with Crippen molar-refractivity contribution in [3.63, 3.8) is 0 Å². The molecule has 0 spiro atoms. The number of aryl methyl sites for hydroxylation is 1. The van der Waals surface area contributed by atoms with Gasteiger partial charge >= 0.3 is 0 Å². The molecular formula is C19H22N2O4S. The van der Waals surface area contributed by atoms with E-state index < -0.39 is 21.8 Å². The number of hydrogen-bond donors (Lipinski definition) is 0. The smallest absolute Gasteiger partial charge is 0.264 e. The molecule has 138 valence electrons. The second-order valence-corrected chi connectivity index (χ2v) is 8.21. The van der Waals surface area contributed by atoms with Gasteiger partial charge in [-0.05, 0) is 57.2 Å². The van der Waals surface area contributed by atoms with Crippen LogP contribution in [-0.2, 0) is 20.7 Å². The van der Waals surface area contributed by atoms with Crippen LogP contribution in [0.5, 0.6) is 5.75 Å². The second-order valence-electron chi connectivity index (χ2n) is 6.61. The first-order valence-electron chi connectivity index (χ1n) is 8.09. The Balaban J connectivity index is 2.27.